The van der Waals surface area contributed by atoms with Crippen LogP contribution in [0.25, 0.3) is 0 Å². The third-order valence-electron chi connectivity index (χ3n) is 3.62. The summed E-state index contributed by atoms with van der Waals surface area (Å²) < 4.78 is 2.12. The van der Waals surface area contributed by atoms with Crippen LogP contribution in [0.1, 0.15) is 44.1 Å². The van der Waals surface area contributed by atoms with Crippen molar-refractivity contribution in [3.63, 3.8) is 0 Å². The van der Waals surface area contributed by atoms with E-state index in [-0.39, 0.29) is 6.10 Å². The molecule has 1 aliphatic rings. The fourth-order valence-electron chi connectivity index (χ4n) is 3.01. The minimum Gasteiger partial charge on any atom is -0.387 e. The van der Waals surface area contributed by atoms with Gasteiger partial charge in [0.1, 0.15) is 0 Å². The van der Waals surface area contributed by atoms with E-state index < -0.39 is 0 Å². The molecule has 0 saturated heterocycles. The molecular weight excluding hydrogens is 364 g/mol. The number of hydrogen-bond donors (Lipinski definition) is 1. The van der Waals surface area contributed by atoms with Crippen LogP contribution in [-0.4, -0.2) is 5.11 Å². The number of aliphatic hydroxyl groups excluding tert-OH is 1. The highest BCUT2D eigenvalue weighted by Gasteiger charge is 2.30. The van der Waals surface area contributed by atoms with Gasteiger partial charge in [-0.1, -0.05) is 13.8 Å². The average Bonchev–Trinajstić information content (AvgIpc) is 2.57. The van der Waals surface area contributed by atoms with Crippen molar-refractivity contribution in [2.75, 3.05) is 0 Å². The molecule has 1 aliphatic carbocycles. The number of halogens is 2. The van der Waals surface area contributed by atoms with Gasteiger partial charge in [0.2, 0.25) is 0 Å². The predicted molar refractivity (Wildman–Crippen MR) is 80.3 cm³/mol. The Balaban J connectivity index is 2.11. The van der Waals surface area contributed by atoms with Gasteiger partial charge in [0.05, 0.1) is 9.89 Å². The van der Waals surface area contributed by atoms with E-state index in [1.807, 2.05) is 6.07 Å². The lowest BCUT2D eigenvalue weighted by Crippen LogP contribution is -2.24. The normalized spacial score (nSPS) is 31.5. The molecule has 0 amide bonds. The molecule has 1 saturated carbocycles. The zero-order valence-electron chi connectivity index (χ0n) is 10.1. The van der Waals surface area contributed by atoms with Gasteiger partial charge < -0.3 is 5.11 Å². The molecule has 1 aromatic rings. The van der Waals surface area contributed by atoms with Crippen molar-refractivity contribution in [2.45, 2.75) is 39.2 Å². The Hall–Kier alpha value is 0.620. The zero-order chi connectivity index (χ0) is 12.6. The van der Waals surface area contributed by atoms with Gasteiger partial charge in [0.15, 0.2) is 0 Å². The number of aliphatic hydroxyl groups is 1. The Morgan fingerprint density at radius 1 is 1.24 bits per heavy atom. The number of rotatable bonds is 2. The lowest BCUT2D eigenvalue weighted by molar-refractivity contribution is 0.0576. The first-order chi connectivity index (χ1) is 7.97. The van der Waals surface area contributed by atoms with Crippen LogP contribution in [0, 0.1) is 17.8 Å². The van der Waals surface area contributed by atoms with Crippen molar-refractivity contribution in [3.8, 4) is 0 Å². The van der Waals surface area contributed by atoms with E-state index in [1.165, 1.54) is 6.42 Å². The molecule has 1 aromatic heterocycles. The fourth-order valence-corrected chi connectivity index (χ4v) is 5.18. The molecule has 1 N–H and O–H groups in total. The van der Waals surface area contributed by atoms with Crippen LogP contribution in [0.15, 0.2) is 14.3 Å². The third kappa shape index (κ3) is 3.34. The van der Waals surface area contributed by atoms with Crippen LogP contribution in [0.3, 0.4) is 0 Å². The quantitative estimate of drug-likeness (QED) is 0.729. The molecule has 1 nitrogen and oxygen atoms in total. The molecule has 0 bridgehead atoms. The van der Waals surface area contributed by atoms with Crippen LogP contribution in [0.4, 0.5) is 0 Å². The van der Waals surface area contributed by atoms with Crippen LogP contribution in [0.2, 0.25) is 0 Å². The maximum absolute atomic E-state index is 10.5. The second-order valence-corrected chi connectivity index (χ2v) is 8.65. The molecule has 3 unspecified atom stereocenters. The van der Waals surface area contributed by atoms with Crippen LogP contribution < -0.4 is 0 Å². The largest absolute Gasteiger partial charge is 0.387 e. The number of hydrogen-bond acceptors (Lipinski definition) is 2. The first-order valence-corrected chi connectivity index (χ1v) is 8.50. The van der Waals surface area contributed by atoms with E-state index in [4.69, 9.17) is 0 Å². The Morgan fingerprint density at radius 2 is 1.82 bits per heavy atom. The van der Waals surface area contributed by atoms with E-state index in [0.29, 0.717) is 5.92 Å². The van der Waals surface area contributed by atoms with Gasteiger partial charge >= 0.3 is 0 Å². The molecule has 4 heteroatoms. The van der Waals surface area contributed by atoms with Gasteiger partial charge in [-0.15, -0.1) is 11.3 Å². The molecule has 17 heavy (non-hydrogen) atoms. The van der Waals surface area contributed by atoms with Crippen molar-refractivity contribution < 1.29 is 5.11 Å². The Labute approximate surface area is 124 Å². The standard InChI is InChI=1S/C13H18Br2OS/c1-7-3-8(2)5-9(4-7)12(16)11-6-10(14)13(15)17-11/h6-9,12,16H,3-5H2,1-2H3. The second kappa shape index (κ2) is 5.72. The summed E-state index contributed by atoms with van der Waals surface area (Å²) >= 11 is 8.62. The van der Waals surface area contributed by atoms with E-state index in [2.05, 4.69) is 45.7 Å². The highest BCUT2D eigenvalue weighted by molar-refractivity contribution is 9.13. The predicted octanol–water partition coefficient (Wildman–Crippen LogP) is 5.38. The first-order valence-electron chi connectivity index (χ1n) is 6.10. The van der Waals surface area contributed by atoms with Crippen molar-refractivity contribution in [1.29, 1.82) is 0 Å². The molecule has 0 spiro atoms. The van der Waals surface area contributed by atoms with Crippen molar-refractivity contribution >= 4 is 43.2 Å². The Morgan fingerprint density at radius 3 is 2.29 bits per heavy atom. The molecule has 96 valence electrons. The van der Waals surface area contributed by atoms with Crippen molar-refractivity contribution in [1.82, 2.24) is 0 Å². The van der Waals surface area contributed by atoms with Gasteiger partial charge in [0, 0.05) is 9.35 Å². The summed E-state index contributed by atoms with van der Waals surface area (Å²) in [7, 11) is 0. The molecule has 0 aliphatic heterocycles. The summed E-state index contributed by atoms with van der Waals surface area (Å²) in [6.45, 7) is 4.60. The smallest absolute Gasteiger partial charge is 0.0911 e. The molecule has 2 rings (SSSR count). The number of thiophene rings is 1. The summed E-state index contributed by atoms with van der Waals surface area (Å²) in [6, 6.07) is 2.04. The maximum atomic E-state index is 10.5. The first kappa shape index (κ1) is 14.0. The molecule has 3 atom stereocenters. The van der Waals surface area contributed by atoms with Crippen LogP contribution in [-0.2, 0) is 0 Å². The Kier molecular flexibility index (Phi) is 4.73. The van der Waals surface area contributed by atoms with Gasteiger partial charge in [-0.25, -0.2) is 0 Å². The van der Waals surface area contributed by atoms with Gasteiger partial charge in [-0.3, -0.25) is 0 Å². The van der Waals surface area contributed by atoms with E-state index in [1.54, 1.807) is 11.3 Å². The highest BCUT2D eigenvalue weighted by atomic mass is 79.9. The summed E-state index contributed by atoms with van der Waals surface area (Å²) in [5.41, 5.74) is 0. The molecule has 1 heterocycles. The summed E-state index contributed by atoms with van der Waals surface area (Å²) in [5, 5.41) is 10.5. The Bertz CT molecular complexity index is 361. The van der Waals surface area contributed by atoms with Crippen molar-refractivity contribution in [3.05, 3.63) is 19.2 Å². The molecular formula is C13H18Br2OS. The molecule has 0 radical (unpaired) electrons. The lowest BCUT2D eigenvalue weighted by atomic mass is 9.74. The second-order valence-electron chi connectivity index (χ2n) is 5.39. The summed E-state index contributed by atoms with van der Waals surface area (Å²) in [6.07, 6.45) is 3.31. The minimum absolute atomic E-state index is 0.298. The average molecular weight is 382 g/mol. The van der Waals surface area contributed by atoms with E-state index in [9.17, 15) is 5.11 Å². The fraction of sp³-hybridized carbons (Fsp3) is 0.692. The summed E-state index contributed by atoms with van der Waals surface area (Å²) in [4.78, 5) is 1.08. The van der Waals surface area contributed by atoms with Crippen LogP contribution in [0.5, 0.6) is 0 Å². The third-order valence-corrected chi connectivity index (χ3v) is 6.94. The van der Waals surface area contributed by atoms with Gasteiger partial charge in [0.25, 0.3) is 0 Å². The summed E-state index contributed by atoms with van der Waals surface area (Å²) in [5.74, 6) is 1.90. The maximum Gasteiger partial charge on any atom is 0.0911 e. The molecule has 0 aromatic carbocycles. The molecule has 1 fully saturated rings. The van der Waals surface area contributed by atoms with Gasteiger partial charge in [-0.2, -0.15) is 0 Å². The van der Waals surface area contributed by atoms with E-state index >= 15 is 0 Å². The highest BCUT2D eigenvalue weighted by Crippen LogP contribution is 2.43. The SMILES string of the molecule is CC1CC(C)CC(C(O)c2cc(Br)c(Br)s2)C1. The zero-order valence-corrected chi connectivity index (χ0v) is 14.1. The van der Waals surface area contributed by atoms with Crippen molar-refractivity contribution in [2.24, 2.45) is 17.8 Å². The lowest BCUT2D eigenvalue weighted by Gasteiger charge is -2.34. The van der Waals surface area contributed by atoms with Crippen LogP contribution >= 0.6 is 43.2 Å². The topological polar surface area (TPSA) is 20.2 Å². The van der Waals surface area contributed by atoms with Gasteiger partial charge in [-0.05, 0) is 74.9 Å². The minimum atomic E-state index is -0.298. The monoisotopic (exact) mass is 380 g/mol. The van der Waals surface area contributed by atoms with E-state index in [0.717, 1.165) is 37.8 Å².